The Kier molecular flexibility index (Phi) is 5.12. The number of aromatic nitrogens is 1. The molecule has 0 aliphatic heterocycles. The molecule has 0 fully saturated rings. The second-order valence-electron chi connectivity index (χ2n) is 4.21. The van der Waals surface area contributed by atoms with Crippen molar-refractivity contribution >= 4 is 23.4 Å². The fourth-order valence-corrected chi connectivity index (χ4v) is 2.20. The van der Waals surface area contributed by atoms with Gasteiger partial charge in [0, 0.05) is 11.9 Å². The first-order valence-electron chi connectivity index (χ1n) is 6.15. The highest BCUT2D eigenvalue weighted by atomic mass is 32.2. The highest BCUT2D eigenvalue weighted by Gasteiger charge is 2.16. The lowest BCUT2D eigenvalue weighted by atomic mass is 10.2. The van der Waals surface area contributed by atoms with Crippen LogP contribution in [0, 0.1) is 5.82 Å². The fourth-order valence-electron chi connectivity index (χ4n) is 1.80. The van der Waals surface area contributed by atoms with Crippen LogP contribution < -0.4 is 4.90 Å². The molecule has 0 unspecified atom stereocenters. The molecule has 1 aromatic heterocycles. The quantitative estimate of drug-likeness (QED) is 0.848. The third-order valence-corrected chi connectivity index (χ3v) is 3.29. The number of benzene rings is 1. The Morgan fingerprint density at radius 1 is 1.25 bits per heavy atom. The number of hydrogen-bond acceptors (Lipinski definition) is 3. The van der Waals surface area contributed by atoms with Crippen molar-refractivity contribution in [1.29, 1.82) is 0 Å². The average molecular weight is 290 g/mol. The van der Waals surface area contributed by atoms with Gasteiger partial charge in [-0.1, -0.05) is 6.07 Å². The topological polar surface area (TPSA) is 33.2 Å². The van der Waals surface area contributed by atoms with E-state index < -0.39 is 0 Å². The average Bonchev–Trinajstić information content (AvgIpc) is 2.47. The Hall–Kier alpha value is -1.88. The van der Waals surface area contributed by atoms with Gasteiger partial charge < -0.3 is 4.90 Å². The lowest BCUT2D eigenvalue weighted by Crippen LogP contribution is -2.32. The fraction of sp³-hybridized carbons (Fsp3) is 0.200. The summed E-state index contributed by atoms with van der Waals surface area (Å²) in [5.74, 6) is 0.0446. The molecule has 0 saturated heterocycles. The molecule has 20 heavy (non-hydrogen) atoms. The van der Waals surface area contributed by atoms with Crippen LogP contribution in [0.2, 0.25) is 0 Å². The number of carbonyl (C=O) groups excluding carboxylic acids is 1. The molecule has 0 aliphatic carbocycles. The summed E-state index contributed by atoms with van der Waals surface area (Å²) in [5.41, 5.74) is 1.47. The molecule has 2 rings (SSSR count). The van der Waals surface area contributed by atoms with E-state index in [0.717, 1.165) is 5.69 Å². The molecule has 0 N–H and O–H groups in total. The maximum atomic E-state index is 13.0. The van der Waals surface area contributed by atoms with Crippen LogP contribution in [0.3, 0.4) is 0 Å². The number of pyridine rings is 1. The van der Waals surface area contributed by atoms with Crippen LogP contribution >= 0.6 is 11.8 Å². The molecule has 1 aromatic carbocycles. The zero-order valence-corrected chi connectivity index (χ0v) is 11.9. The van der Waals surface area contributed by atoms with Gasteiger partial charge in [-0.05, 0) is 42.7 Å². The van der Waals surface area contributed by atoms with Gasteiger partial charge >= 0.3 is 0 Å². The van der Waals surface area contributed by atoms with Crippen molar-refractivity contribution in [3.63, 3.8) is 0 Å². The lowest BCUT2D eigenvalue weighted by Gasteiger charge is -2.22. The van der Waals surface area contributed by atoms with Gasteiger partial charge in [0.2, 0.25) is 5.91 Å². The van der Waals surface area contributed by atoms with E-state index >= 15 is 0 Å². The molecule has 0 atom stereocenters. The maximum Gasteiger partial charge on any atom is 0.237 e. The molecule has 1 heterocycles. The second kappa shape index (κ2) is 7.05. The molecule has 0 bridgehead atoms. The molecule has 5 heteroatoms. The van der Waals surface area contributed by atoms with E-state index in [9.17, 15) is 9.18 Å². The van der Waals surface area contributed by atoms with Crippen molar-refractivity contribution in [2.24, 2.45) is 0 Å². The van der Waals surface area contributed by atoms with Gasteiger partial charge in [0.25, 0.3) is 0 Å². The summed E-state index contributed by atoms with van der Waals surface area (Å²) in [6, 6.07) is 11.5. The van der Waals surface area contributed by atoms with Gasteiger partial charge in [0.1, 0.15) is 5.82 Å². The van der Waals surface area contributed by atoms with Crippen molar-refractivity contribution in [2.75, 3.05) is 16.9 Å². The number of nitrogens with zero attached hydrogens (tertiary/aromatic N) is 2. The van der Waals surface area contributed by atoms with Crippen molar-refractivity contribution in [1.82, 2.24) is 4.98 Å². The standard InChI is InChI=1S/C15H15FN2OS/c1-20-11-15(19)18(10-13-4-2-3-9-17-13)14-7-5-12(16)6-8-14/h2-9H,10-11H2,1H3. The molecule has 0 spiro atoms. The zero-order chi connectivity index (χ0) is 14.4. The Bertz CT molecular complexity index is 560. The van der Waals surface area contributed by atoms with E-state index in [1.165, 1.54) is 23.9 Å². The van der Waals surface area contributed by atoms with Crippen LogP contribution in [-0.2, 0) is 11.3 Å². The number of thioether (sulfide) groups is 1. The Morgan fingerprint density at radius 3 is 2.60 bits per heavy atom. The second-order valence-corrected chi connectivity index (χ2v) is 5.08. The highest BCUT2D eigenvalue weighted by Crippen LogP contribution is 2.18. The summed E-state index contributed by atoms with van der Waals surface area (Å²) in [6.07, 6.45) is 3.57. The third kappa shape index (κ3) is 3.81. The minimum atomic E-state index is -0.316. The summed E-state index contributed by atoms with van der Waals surface area (Å²) < 4.78 is 13.0. The lowest BCUT2D eigenvalue weighted by molar-refractivity contribution is -0.116. The van der Waals surface area contributed by atoms with Gasteiger partial charge in [-0.15, -0.1) is 0 Å². The van der Waals surface area contributed by atoms with Crippen LogP contribution in [0.25, 0.3) is 0 Å². The largest absolute Gasteiger partial charge is 0.306 e. The first-order valence-corrected chi connectivity index (χ1v) is 7.55. The van der Waals surface area contributed by atoms with E-state index in [0.29, 0.717) is 18.0 Å². The Labute approximate surface area is 121 Å². The van der Waals surface area contributed by atoms with Crippen LogP contribution in [0.5, 0.6) is 0 Å². The van der Waals surface area contributed by atoms with E-state index in [-0.39, 0.29) is 11.7 Å². The molecule has 0 radical (unpaired) electrons. The van der Waals surface area contributed by atoms with Crippen LogP contribution in [-0.4, -0.2) is 22.9 Å². The minimum Gasteiger partial charge on any atom is -0.306 e. The predicted octanol–water partition coefficient (Wildman–Crippen LogP) is 3.12. The number of halogens is 1. The summed E-state index contributed by atoms with van der Waals surface area (Å²) in [5, 5.41) is 0. The van der Waals surface area contributed by atoms with Gasteiger partial charge in [-0.2, -0.15) is 11.8 Å². The summed E-state index contributed by atoms with van der Waals surface area (Å²) in [6.45, 7) is 0.381. The smallest absolute Gasteiger partial charge is 0.237 e. The summed E-state index contributed by atoms with van der Waals surface area (Å²) >= 11 is 1.46. The number of hydrogen-bond donors (Lipinski definition) is 0. The number of carbonyl (C=O) groups is 1. The molecule has 1 amide bonds. The highest BCUT2D eigenvalue weighted by molar-refractivity contribution is 7.99. The first-order chi connectivity index (χ1) is 9.70. The molecule has 2 aromatic rings. The number of anilines is 1. The zero-order valence-electron chi connectivity index (χ0n) is 11.1. The van der Waals surface area contributed by atoms with Gasteiger partial charge in [0.05, 0.1) is 18.0 Å². The van der Waals surface area contributed by atoms with E-state index in [4.69, 9.17) is 0 Å². The predicted molar refractivity (Wildman–Crippen MR) is 80.2 cm³/mol. The Morgan fingerprint density at radius 2 is 2.00 bits per heavy atom. The maximum absolute atomic E-state index is 13.0. The molecule has 104 valence electrons. The Balaban J connectivity index is 2.25. The monoisotopic (exact) mass is 290 g/mol. The van der Waals surface area contributed by atoms with Gasteiger partial charge in [-0.3, -0.25) is 9.78 Å². The van der Waals surface area contributed by atoms with Crippen LogP contribution in [0.15, 0.2) is 48.7 Å². The van der Waals surface area contributed by atoms with Crippen LogP contribution in [0.4, 0.5) is 10.1 Å². The molecular weight excluding hydrogens is 275 g/mol. The van der Waals surface area contributed by atoms with Crippen molar-refractivity contribution in [2.45, 2.75) is 6.54 Å². The van der Waals surface area contributed by atoms with Crippen molar-refractivity contribution in [3.05, 3.63) is 60.2 Å². The minimum absolute atomic E-state index is 0.0187. The summed E-state index contributed by atoms with van der Waals surface area (Å²) in [4.78, 5) is 18.1. The van der Waals surface area contributed by atoms with Gasteiger partial charge in [0.15, 0.2) is 0 Å². The first kappa shape index (κ1) is 14.5. The number of amides is 1. The third-order valence-electron chi connectivity index (χ3n) is 2.75. The van der Waals surface area contributed by atoms with Crippen LogP contribution in [0.1, 0.15) is 5.69 Å². The normalized spacial score (nSPS) is 10.3. The van der Waals surface area contributed by atoms with E-state index in [1.807, 2.05) is 24.5 Å². The molecule has 3 nitrogen and oxygen atoms in total. The molecule has 0 aliphatic rings. The van der Waals surface area contributed by atoms with Crippen molar-refractivity contribution in [3.8, 4) is 0 Å². The molecule has 0 saturated carbocycles. The number of rotatable bonds is 5. The summed E-state index contributed by atoms with van der Waals surface area (Å²) in [7, 11) is 0. The van der Waals surface area contributed by atoms with E-state index in [1.54, 1.807) is 23.2 Å². The van der Waals surface area contributed by atoms with Gasteiger partial charge in [-0.25, -0.2) is 4.39 Å². The SMILES string of the molecule is CSCC(=O)N(Cc1ccccn1)c1ccc(F)cc1. The van der Waals surface area contributed by atoms with Crippen molar-refractivity contribution < 1.29 is 9.18 Å². The molecular formula is C15H15FN2OS. The van der Waals surface area contributed by atoms with E-state index in [2.05, 4.69) is 4.98 Å².